The average molecular weight is 244 g/mol. The number of rotatable bonds is 8. The monoisotopic (exact) mass is 243 g/mol. The van der Waals surface area contributed by atoms with E-state index in [9.17, 15) is 0 Å². The van der Waals surface area contributed by atoms with Crippen LogP contribution in [0, 0.1) is 0 Å². The first-order valence-electron chi connectivity index (χ1n) is 5.35. The molecule has 0 aliphatic rings. The van der Waals surface area contributed by atoms with Gasteiger partial charge in [0.1, 0.15) is 0 Å². The van der Waals surface area contributed by atoms with Crippen LogP contribution in [0.2, 0.25) is 5.02 Å². The molecule has 0 unspecified atom stereocenters. The van der Waals surface area contributed by atoms with Gasteiger partial charge in [-0.25, -0.2) is 0 Å². The zero-order chi connectivity index (χ0) is 11.6. The van der Waals surface area contributed by atoms with Crippen molar-refractivity contribution in [1.82, 2.24) is 5.32 Å². The number of halogens is 1. The summed E-state index contributed by atoms with van der Waals surface area (Å²) in [4.78, 5) is 0. The average Bonchev–Trinajstić information content (AvgIpc) is 2.30. The van der Waals surface area contributed by atoms with Crippen LogP contribution < -0.4 is 5.32 Å². The first-order valence-corrected chi connectivity index (χ1v) is 5.73. The fourth-order valence-electron chi connectivity index (χ4n) is 1.25. The summed E-state index contributed by atoms with van der Waals surface area (Å²) in [7, 11) is 1.67. The molecule has 0 spiro atoms. The van der Waals surface area contributed by atoms with Crippen LogP contribution in [-0.2, 0) is 16.0 Å². The summed E-state index contributed by atoms with van der Waals surface area (Å²) in [6.07, 6.45) is 0. The van der Waals surface area contributed by atoms with E-state index in [1.54, 1.807) is 7.11 Å². The number of nitrogens with one attached hydrogen (secondary N) is 1. The fraction of sp³-hybridized carbons (Fsp3) is 0.500. The van der Waals surface area contributed by atoms with Crippen LogP contribution in [0.3, 0.4) is 0 Å². The fourth-order valence-corrected chi connectivity index (χ4v) is 1.46. The van der Waals surface area contributed by atoms with Gasteiger partial charge in [-0.1, -0.05) is 29.8 Å². The summed E-state index contributed by atoms with van der Waals surface area (Å²) in [6.45, 7) is 3.56. The van der Waals surface area contributed by atoms with Crippen LogP contribution >= 0.6 is 11.6 Å². The zero-order valence-electron chi connectivity index (χ0n) is 9.54. The van der Waals surface area contributed by atoms with E-state index < -0.39 is 0 Å². The molecule has 0 saturated heterocycles. The minimum atomic E-state index is 0.643. The molecule has 3 nitrogen and oxygen atoms in total. The Morgan fingerprint density at radius 2 is 2.00 bits per heavy atom. The summed E-state index contributed by atoms with van der Waals surface area (Å²) >= 11 is 6.02. The maximum Gasteiger partial charge on any atom is 0.0700 e. The second-order valence-electron chi connectivity index (χ2n) is 3.37. The highest BCUT2D eigenvalue weighted by atomic mass is 35.5. The molecule has 0 fully saturated rings. The van der Waals surface area contributed by atoms with Crippen LogP contribution in [0.25, 0.3) is 0 Å². The van der Waals surface area contributed by atoms with Crippen molar-refractivity contribution in [2.45, 2.75) is 6.54 Å². The van der Waals surface area contributed by atoms with Gasteiger partial charge in [0.2, 0.25) is 0 Å². The molecule has 1 aromatic carbocycles. The zero-order valence-corrected chi connectivity index (χ0v) is 10.3. The molecule has 90 valence electrons. The Morgan fingerprint density at radius 1 is 1.19 bits per heavy atom. The van der Waals surface area contributed by atoms with Gasteiger partial charge >= 0.3 is 0 Å². The first kappa shape index (κ1) is 13.5. The van der Waals surface area contributed by atoms with E-state index in [0.29, 0.717) is 19.8 Å². The highest BCUT2D eigenvalue weighted by Gasteiger charge is 1.97. The molecule has 0 amide bonds. The Labute approximate surface area is 102 Å². The molecule has 0 saturated carbocycles. The lowest BCUT2D eigenvalue weighted by Crippen LogP contribution is -2.20. The molecule has 1 N–H and O–H groups in total. The number of methoxy groups -OCH3 is 1. The minimum Gasteiger partial charge on any atom is -0.382 e. The van der Waals surface area contributed by atoms with E-state index in [1.807, 2.05) is 24.3 Å². The Kier molecular flexibility index (Phi) is 7.17. The van der Waals surface area contributed by atoms with Crippen LogP contribution in [0.15, 0.2) is 24.3 Å². The van der Waals surface area contributed by atoms with Gasteiger partial charge in [0.05, 0.1) is 19.8 Å². The summed E-state index contributed by atoms with van der Waals surface area (Å²) in [5, 5.41) is 4.07. The highest BCUT2D eigenvalue weighted by molar-refractivity contribution is 6.31. The van der Waals surface area contributed by atoms with Gasteiger partial charge in [0.15, 0.2) is 0 Å². The van der Waals surface area contributed by atoms with E-state index in [2.05, 4.69) is 5.32 Å². The molecule has 1 rings (SSSR count). The molecule has 0 aromatic heterocycles. The molecule has 0 heterocycles. The van der Waals surface area contributed by atoms with Gasteiger partial charge in [-0.2, -0.15) is 0 Å². The molecule has 16 heavy (non-hydrogen) atoms. The van der Waals surface area contributed by atoms with Gasteiger partial charge in [-0.05, 0) is 11.6 Å². The molecule has 0 aliphatic heterocycles. The quantitative estimate of drug-likeness (QED) is 0.710. The molecule has 1 aromatic rings. The van der Waals surface area contributed by atoms with E-state index >= 15 is 0 Å². The van der Waals surface area contributed by atoms with Crippen molar-refractivity contribution in [3.63, 3.8) is 0 Å². The van der Waals surface area contributed by atoms with E-state index in [-0.39, 0.29) is 0 Å². The van der Waals surface area contributed by atoms with Crippen LogP contribution in [0.1, 0.15) is 5.56 Å². The number of hydrogen-bond acceptors (Lipinski definition) is 3. The molecule has 0 aliphatic carbocycles. The number of benzene rings is 1. The van der Waals surface area contributed by atoms with Crippen molar-refractivity contribution >= 4 is 11.6 Å². The third-order valence-corrected chi connectivity index (χ3v) is 2.50. The van der Waals surface area contributed by atoms with Gasteiger partial charge < -0.3 is 14.8 Å². The summed E-state index contributed by atoms with van der Waals surface area (Å²) in [5.74, 6) is 0. The Morgan fingerprint density at radius 3 is 2.75 bits per heavy atom. The Balaban J connectivity index is 2.05. The molecule has 4 heteroatoms. The van der Waals surface area contributed by atoms with E-state index in [4.69, 9.17) is 21.1 Å². The van der Waals surface area contributed by atoms with Crippen molar-refractivity contribution in [3.8, 4) is 0 Å². The second kappa shape index (κ2) is 8.53. The van der Waals surface area contributed by atoms with E-state index in [1.165, 1.54) is 0 Å². The maximum atomic E-state index is 6.02. The maximum absolute atomic E-state index is 6.02. The summed E-state index contributed by atoms with van der Waals surface area (Å²) < 4.78 is 10.2. The topological polar surface area (TPSA) is 30.5 Å². The lowest BCUT2D eigenvalue weighted by Gasteiger charge is -2.07. The predicted molar refractivity (Wildman–Crippen MR) is 65.9 cm³/mol. The van der Waals surface area contributed by atoms with Gasteiger partial charge in [0.25, 0.3) is 0 Å². The van der Waals surface area contributed by atoms with Crippen molar-refractivity contribution in [2.24, 2.45) is 0 Å². The largest absolute Gasteiger partial charge is 0.382 e. The van der Waals surface area contributed by atoms with Gasteiger partial charge in [0, 0.05) is 25.2 Å². The van der Waals surface area contributed by atoms with Crippen molar-refractivity contribution in [1.29, 1.82) is 0 Å². The molecule has 0 atom stereocenters. The second-order valence-corrected chi connectivity index (χ2v) is 3.78. The normalized spacial score (nSPS) is 10.6. The van der Waals surface area contributed by atoms with E-state index in [0.717, 1.165) is 23.7 Å². The predicted octanol–water partition coefficient (Wildman–Crippen LogP) is 2.09. The smallest absolute Gasteiger partial charge is 0.0700 e. The first-order chi connectivity index (χ1) is 7.84. The van der Waals surface area contributed by atoms with Crippen molar-refractivity contribution in [3.05, 3.63) is 34.9 Å². The van der Waals surface area contributed by atoms with Crippen molar-refractivity contribution in [2.75, 3.05) is 33.5 Å². The third-order valence-electron chi connectivity index (χ3n) is 2.13. The number of hydrogen-bond donors (Lipinski definition) is 1. The van der Waals surface area contributed by atoms with Gasteiger partial charge in [-0.3, -0.25) is 0 Å². The van der Waals surface area contributed by atoms with Crippen molar-refractivity contribution < 1.29 is 9.47 Å². The number of ether oxygens (including phenoxy) is 2. The lowest BCUT2D eigenvalue weighted by molar-refractivity contribution is 0.0719. The third kappa shape index (κ3) is 5.47. The van der Waals surface area contributed by atoms with Crippen LogP contribution in [0.5, 0.6) is 0 Å². The molecule has 0 bridgehead atoms. The highest BCUT2D eigenvalue weighted by Crippen LogP contribution is 2.13. The molecule has 0 radical (unpaired) electrons. The van der Waals surface area contributed by atoms with Crippen LogP contribution in [0.4, 0.5) is 0 Å². The Hall–Kier alpha value is -0.610. The summed E-state index contributed by atoms with van der Waals surface area (Å²) in [6, 6.07) is 7.83. The standard InChI is InChI=1S/C12H18ClNO2/c1-15-8-9-16-7-6-14-10-11-4-2-3-5-12(11)13/h2-5,14H,6-10H2,1H3. The minimum absolute atomic E-state index is 0.643. The lowest BCUT2D eigenvalue weighted by atomic mass is 10.2. The summed E-state index contributed by atoms with van der Waals surface area (Å²) in [5.41, 5.74) is 1.11. The molecular weight excluding hydrogens is 226 g/mol. The molecular formula is C12H18ClNO2. The Bertz CT molecular complexity index is 294. The van der Waals surface area contributed by atoms with Gasteiger partial charge in [-0.15, -0.1) is 0 Å². The SMILES string of the molecule is COCCOCCNCc1ccccc1Cl. The van der Waals surface area contributed by atoms with Crippen LogP contribution in [-0.4, -0.2) is 33.5 Å².